The van der Waals surface area contributed by atoms with E-state index in [2.05, 4.69) is 9.97 Å². The third-order valence-corrected chi connectivity index (χ3v) is 2.20. The van der Waals surface area contributed by atoms with E-state index < -0.39 is 0 Å². The van der Waals surface area contributed by atoms with Crippen molar-refractivity contribution in [2.45, 2.75) is 26.8 Å². The minimum atomic E-state index is -0.0233. The van der Waals surface area contributed by atoms with E-state index in [1.54, 1.807) is 17.3 Å². The molecule has 0 saturated carbocycles. The van der Waals surface area contributed by atoms with Crippen molar-refractivity contribution >= 4 is 5.91 Å². The second kappa shape index (κ2) is 6.27. The normalized spacial score (nSPS) is 10.8. The van der Waals surface area contributed by atoms with Crippen LogP contribution < -0.4 is 0 Å². The number of carbonyl (C=O) groups is 1. The van der Waals surface area contributed by atoms with E-state index in [1.165, 1.54) is 0 Å². The number of nitrogens with zero attached hydrogens (tertiary/aromatic N) is 2. The molecule has 1 aromatic rings. The molecule has 0 fully saturated rings. The van der Waals surface area contributed by atoms with Crippen LogP contribution in [0.2, 0.25) is 0 Å². The molecule has 0 radical (unpaired) electrons. The van der Waals surface area contributed by atoms with Crippen LogP contribution in [0.25, 0.3) is 0 Å². The Labute approximate surface area is 95.5 Å². The first-order valence-corrected chi connectivity index (χ1v) is 5.50. The Morgan fingerprint density at radius 1 is 1.62 bits per heavy atom. The zero-order chi connectivity index (χ0) is 12.0. The van der Waals surface area contributed by atoms with Gasteiger partial charge in [0.25, 0.3) is 0 Å². The van der Waals surface area contributed by atoms with E-state index in [-0.39, 0.29) is 12.5 Å². The maximum atomic E-state index is 11.8. The van der Waals surface area contributed by atoms with Crippen molar-refractivity contribution in [3.05, 3.63) is 18.2 Å². The summed E-state index contributed by atoms with van der Waals surface area (Å²) < 4.78 is 0. The van der Waals surface area contributed by atoms with Gasteiger partial charge in [-0.3, -0.25) is 4.79 Å². The van der Waals surface area contributed by atoms with Crippen LogP contribution in [0.15, 0.2) is 12.4 Å². The molecule has 5 nitrogen and oxygen atoms in total. The number of aromatic nitrogens is 2. The molecule has 1 heterocycles. The maximum Gasteiger partial charge on any atom is 0.223 e. The lowest BCUT2D eigenvalue weighted by molar-refractivity contribution is -0.133. The molecule has 0 saturated heterocycles. The highest BCUT2D eigenvalue weighted by Gasteiger charge is 2.15. The molecule has 0 aliphatic rings. The highest BCUT2D eigenvalue weighted by atomic mass is 16.3. The molecule has 2 N–H and O–H groups in total. The van der Waals surface area contributed by atoms with Crippen LogP contribution in [0.5, 0.6) is 0 Å². The van der Waals surface area contributed by atoms with Crippen molar-refractivity contribution < 1.29 is 9.90 Å². The second-order valence-electron chi connectivity index (χ2n) is 4.17. The summed E-state index contributed by atoms with van der Waals surface area (Å²) in [6.07, 6.45) is 3.87. The average Bonchev–Trinajstić information content (AvgIpc) is 2.68. The molecule has 0 aliphatic carbocycles. The van der Waals surface area contributed by atoms with Crippen molar-refractivity contribution in [1.29, 1.82) is 0 Å². The molecule has 0 aromatic carbocycles. The van der Waals surface area contributed by atoms with Crippen LogP contribution in [0.1, 0.15) is 26.1 Å². The minimum Gasteiger partial charge on any atom is -0.395 e. The molecule has 0 aliphatic heterocycles. The highest BCUT2D eigenvalue weighted by Crippen LogP contribution is 2.06. The molecule has 0 unspecified atom stereocenters. The summed E-state index contributed by atoms with van der Waals surface area (Å²) in [7, 11) is 0. The number of aliphatic hydroxyl groups is 1. The molecule has 0 atom stereocenters. The number of aromatic amines is 1. The number of rotatable bonds is 6. The van der Waals surface area contributed by atoms with Gasteiger partial charge in [-0.25, -0.2) is 4.98 Å². The fourth-order valence-corrected chi connectivity index (χ4v) is 1.46. The van der Waals surface area contributed by atoms with E-state index in [0.717, 1.165) is 5.82 Å². The third-order valence-electron chi connectivity index (χ3n) is 2.20. The SMILES string of the molecule is CC(C)CC(=O)N(CCO)Cc1ncc[nH]1. The van der Waals surface area contributed by atoms with E-state index in [9.17, 15) is 4.79 Å². The summed E-state index contributed by atoms with van der Waals surface area (Å²) in [4.78, 5) is 20.5. The minimum absolute atomic E-state index is 0.0233. The van der Waals surface area contributed by atoms with E-state index in [0.29, 0.717) is 25.4 Å². The Balaban J connectivity index is 2.56. The summed E-state index contributed by atoms with van der Waals surface area (Å²) in [5.74, 6) is 1.12. The fraction of sp³-hybridized carbons (Fsp3) is 0.636. The Bertz CT molecular complexity index is 309. The van der Waals surface area contributed by atoms with Gasteiger partial charge in [-0.05, 0) is 5.92 Å². The van der Waals surface area contributed by atoms with Gasteiger partial charge in [0, 0.05) is 25.4 Å². The molecule has 1 aromatic heterocycles. The Kier molecular flexibility index (Phi) is 4.98. The standard InChI is InChI=1S/C11H19N3O2/c1-9(2)7-11(16)14(5-6-15)8-10-12-3-4-13-10/h3-4,9,15H,5-8H2,1-2H3,(H,12,13). The topological polar surface area (TPSA) is 69.2 Å². The fourth-order valence-electron chi connectivity index (χ4n) is 1.46. The number of H-pyrrole nitrogens is 1. The number of carbonyl (C=O) groups excluding carboxylic acids is 1. The van der Waals surface area contributed by atoms with E-state index in [1.807, 2.05) is 13.8 Å². The predicted octanol–water partition coefficient (Wildman–Crippen LogP) is 0.777. The molecule has 1 rings (SSSR count). The van der Waals surface area contributed by atoms with Crippen LogP contribution in [-0.4, -0.2) is 39.0 Å². The van der Waals surface area contributed by atoms with E-state index in [4.69, 9.17) is 5.11 Å². The highest BCUT2D eigenvalue weighted by molar-refractivity contribution is 5.76. The van der Waals surface area contributed by atoms with Crippen LogP contribution >= 0.6 is 0 Å². The molecular formula is C11H19N3O2. The molecule has 90 valence electrons. The zero-order valence-electron chi connectivity index (χ0n) is 9.81. The average molecular weight is 225 g/mol. The van der Waals surface area contributed by atoms with Gasteiger partial charge in [0.1, 0.15) is 5.82 Å². The number of imidazole rings is 1. The van der Waals surface area contributed by atoms with Crippen LogP contribution in [-0.2, 0) is 11.3 Å². The lowest BCUT2D eigenvalue weighted by Crippen LogP contribution is -2.34. The number of amides is 1. The van der Waals surface area contributed by atoms with Crippen molar-refractivity contribution in [2.75, 3.05) is 13.2 Å². The quantitative estimate of drug-likeness (QED) is 0.751. The Hall–Kier alpha value is -1.36. The smallest absolute Gasteiger partial charge is 0.223 e. The van der Waals surface area contributed by atoms with Gasteiger partial charge in [0.05, 0.1) is 13.2 Å². The van der Waals surface area contributed by atoms with Crippen LogP contribution in [0, 0.1) is 5.92 Å². The van der Waals surface area contributed by atoms with Gasteiger partial charge in [0.15, 0.2) is 0 Å². The van der Waals surface area contributed by atoms with Gasteiger partial charge >= 0.3 is 0 Å². The second-order valence-corrected chi connectivity index (χ2v) is 4.17. The predicted molar refractivity (Wildman–Crippen MR) is 60.5 cm³/mol. The maximum absolute atomic E-state index is 11.8. The van der Waals surface area contributed by atoms with Crippen molar-refractivity contribution in [3.63, 3.8) is 0 Å². The molecule has 1 amide bonds. The number of aliphatic hydroxyl groups excluding tert-OH is 1. The first-order chi connectivity index (χ1) is 7.63. The Morgan fingerprint density at radius 3 is 2.88 bits per heavy atom. The summed E-state index contributed by atoms with van der Waals surface area (Å²) in [5.41, 5.74) is 0. The van der Waals surface area contributed by atoms with E-state index >= 15 is 0 Å². The van der Waals surface area contributed by atoms with Gasteiger partial charge in [-0.1, -0.05) is 13.8 Å². The van der Waals surface area contributed by atoms with Gasteiger partial charge in [-0.15, -0.1) is 0 Å². The summed E-state index contributed by atoms with van der Waals surface area (Å²) >= 11 is 0. The summed E-state index contributed by atoms with van der Waals surface area (Å²) in [6.45, 7) is 4.76. The molecular weight excluding hydrogens is 206 g/mol. The van der Waals surface area contributed by atoms with Crippen LogP contribution in [0.3, 0.4) is 0 Å². The lowest BCUT2D eigenvalue weighted by Gasteiger charge is -2.21. The third kappa shape index (κ3) is 4.02. The molecule has 5 heteroatoms. The molecule has 16 heavy (non-hydrogen) atoms. The first-order valence-electron chi connectivity index (χ1n) is 5.50. The summed E-state index contributed by atoms with van der Waals surface area (Å²) in [6, 6.07) is 0. The molecule has 0 bridgehead atoms. The Morgan fingerprint density at radius 2 is 2.38 bits per heavy atom. The van der Waals surface area contributed by atoms with Crippen molar-refractivity contribution in [1.82, 2.24) is 14.9 Å². The molecule has 0 spiro atoms. The van der Waals surface area contributed by atoms with Gasteiger partial charge in [-0.2, -0.15) is 0 Å². The zero-order valence-corrected chi connectivity index (χ0v) is 9.81. The first kappa shape index (κ1) is 12.7. The number of nitrogens with one attached hydrogen (secondary N) is 1. The number of hydrogen-bond acceptors (Lipinski definition) is 3. The van der Waals surface area contributed by atoms with Gasteiger partial charge < -0.3 is 15.0 Å². The summed E-state index contributed by atoms with van der Waals surface area (Å²) in [5, 5.41) is 8.92. The van der Waals surface area contributed by atoms with Crippen molar-refractivity contribution in [3.8, 4) is 0 Å². The van der Waals surface area contributed by atoms with Crippen LogP contribution in [0.4, 0.5) is 0 Å². The lowest BCUT2D eigenvalue weighted by atomic mass is 10.1. The van der Waals surface area contributed by atoms with Gasteiger partial charge in [0.2, 0.25) is 5.91 Å². The number of hydrogen-bond donors (Lipinski definition) is 2. The largest absolute Gasteiger partial charge is 0.395 e. The van der Waals surface area contributed by atoms with Crippen molar-refractivity contribution in [2.24, 2.45) is 5.92 Å². The monoisotopic (exact) mass is 225 g/mol.